The van der Waals surface area contributed by atoms with Gasteiger partial charge in [-0.05, 0) is 38.7 Å². The number of aromatic nitrogens is 4. The van der Waals surface area contributed by atoms with E-state index in [1.54, 1.807) is 6.20 Å². The summed E-state index contributed by atoms with van der Waals surface area (Å²) in [4.78, 5) is 12.2. The normalized spacial score (nSPS) is 14.2. The largest absolute Gasteiger partial charge is 0.352 e. The Hall–Kier alpha value is -2.11. The molecule has 2 aromatic rings. The van der Waals surface area contributed by atoms with Crippen LogP contribution in [0.3, 0.4) is 0 Å². The molecule has 6 heteroatoms. The molecule has 124 valence electrons. The summed E-state index contributed by atoms with van der Waals surface area (Å²) in [5.74, 6) is 0.673. The summed E-state index contributed by atoms with van der Waals surface area (Å²) in [5, 5.41) is 11.6. The van der Waals surface area contributed by atoms with Crippen molar-refractivity contribution in [3.8, 4) is 0 Å². The summed E-state index contributed by atoms with van der Waals surface area (Å²) in [5.41, 5.74) is 2.96. The van der Waals surface area contributed by atoms with Crippen LogP contribution in [0.25, 0.3) is 0 Å². The second-order valence-electron chi connectivity index (χ2n) is 6.23. The molecule has 1 aliphatic carbocycles. The van der Waals surface area contributed by atoms with Gasteiger partial charge in [0.05, 0.1) is 11.8 Å². The maximum absolute atomic E-state index is 12.2. The van der Waals surface area contributed by atoms with E-state index in [9.17, 15) is 4.79 Å². The maximum atomic E-state index is 12.2. The lowest BCUT2D eigenvalue weighted by molar-refractivity contribution is 0.0952. The molecule has 0 radical (unpaired) electrons. The van der Waals surface area contributed by atoms with Gasteiger partial charge in [0.25, 0.3) is 5.91 Å². The summed E-state index contributed by atoms with van der Waals surface area (Å²) in [6, 6.07) is 2.11. The van der Waals surface area contributed by atoms with Gasteiger partial charge in [0.15, 0.2) is 0 Å². The van der Waals surface area contributed by atoms with Crippen molar-refractivity contribution in [2.24, 2.45) is 0 Å². The van der Waals surface area contributed by atoms with Crippen molar-refractivity contribution in [3.05, 3.63) is 35.4 Å². The fraction of sp³-hybridized carbons (Fsp3) is 0.588. The van der Waals surface area contributed by atoms with E-state index in [0.29, 0.717) is 18.0 Å². The van der Waals surface area contributed by atoms with Crippen molar-refractivity contribution in [1.29, 1.82) is 0 Å². The third-order valence-electron chi connectivity index (χ3n) is 4.36. The van der Waals surface area contributed by atoms with Crippen LogP contribution in [0, 0.1) is 6.92 Å². The van der Waals surface area contributed by atoms with E-state index in [1.165, 1.54) is 18.5 Å². The Morgan fingerprint density at radius 3 is 2.87 bits per heavy atom. The van der Waals surface area contributed by atoms with E-state index in [1.807, 2.05) is 17.8 Å². The molecule has 0 saturated heterocycles. The van der Waals surface area contributed by atoms with Crippen LogP contribution in [0.2, 0.25) is 0 Å². The first-order chi connectivity index (χ1) is 11.2. The minimum atomic E-state index is -0.0345. The van der Waals surface area contributed by atoms with Crippen LogP contribution in [-0.2, 0) is 13.1 Å². The molecule has 0 unspecified atom stereocenters. The Balaban J connectivity index is 1.46. The van der Waals surface area contributed by atoms with Gasteiger partial charge in [-0.1, -0.05) is 6.92 Å². The zero-order chi connectivity index (χ0) is 16.2. The molecule has 1 N–H and O–H groups in total. The summed E-state index contributed by atoms with van der Waals surface area (Å²) in [6.07, 6.45) is 8.00. The lowest BCUT2D eigenvalue weighted by atomic mass is 10.2. The Labute approximate surface area is 136 Å². The SMILES string of the molecule is CCCn1ncc(C(=O)NCCCn2nccc2C2CC2)c1C. The standard InChI is InChI=1S/C17H25N5O/c1-3-10-21-13(2)15(12-20-21)17(23)18-8-4-11-22-16(7-9-19-22)14-5-6-14/h7,9,12,14H,3-6,8,10-11H2,1-2H3,(H,18,23). The van der Waals surface area contributed by atoms with Crippen molar-refractivity contribution in [3.63, 3.8) is 0 Å². The molecule has 0 bridgehead atoms. The predicted octanol–water partition coefficient (Wildman–Crippen LogP) is 2.50. The number of nitrogens with one attached hydrogen (secondary N) is 1. The Morgan fingerprint density at radius 2 is 2.13 bits per heavy atom. The molecule has 1 aliphatic rings. The van der Waals surface area contributed by atoms with Gasteiger partial charge in [-0.2, -0.15) is 10.2 Å². The van der Waals surface area contributed by atoms with Crippen molar-refractivity contribution in [2.45, 2.75) is 58.5 Å². The number of carbonyl (C=O) groups is 1. The Bertz CT molecular complexity index is 668. The van der Waals surface area contributed by atoms with Gasteiger partial charge in [-0.3, -0.25) is 14.2 Å². The molecule has 2 heterocycles. The van der Waals surface area contributed by atoms with Crippen molar-refractivity contribution in [2.75, 3.05) is 6.54 Å². The highest BCUT2D eigenvalue weighted by Crippen LogP contribution is 2.39. The topological polar surface area (TPSA) is 64.7 Å². The van der Waals surface area contributed by atoms with Crippen molar-refractivity contribution >= 4 is 5.91 Å². The van der Waals surface area contributed by atoms with Gasteiger partial charge in [0, 0.05) is 43.1 Å². The van der Waals surface area contributed by atoms with Crippen LogP contribution >= 0.6 is 0 Å². The number of amides is 1. The number of nitrogens with zero attached hydrogens (tertiary/aromatic N) is 4. The second kappa shape index (κ2) is 6.98. The average molecular weight is 315 g/mol. The third-order valence-corrected chi connectivity index (χ3v) is 4.36. The summed E-state index contributed by atoms with van der Waals surface area (Å²) < 4.78 is 3.97. The van der Waals surface area contributed by atoms with E-state index >= 15 is 0 Å². The molecule has 2 aromatic heterocycles. The molecule has 1 amide bonds. The van der Waals surface area contributed by atoms with E-state index in [-0.39, 0.29) is 5.91 Å². The predicted molar refractivity (Wildman–Crippen MR) is 88.4 cm³/mol. The average Bonchev–Trinajstić information content (AvgIpc) is 3.18. The van der Waals surface area contributed by atoms with Crippen LogP contribution in [0.15, 0.2) is 18.5 Å². The highest BCUT2D eigenvalue weighted by molar-refractivity contribution is 5.94. The van der Waals surface area contributed by atoms with Crippen LogP contribution in [0.4, 0.5) is 0 Å². The fourth-order valence-corrected chi connectivity index (χ4v) is 2.89. The molecule has 0 aromatic carbocycles. The first-order valence-corrected chi connectivity index (χ1v) is 8.53. The first kappa shape index (κ1) is 15.8. The van der Waals surface area contributed by atoms with Gasteiger partial charge < -0.3 is 5.32 Å². The van der Waals surface area contributed by atoms with E-state index in [0.717, 1.165) is 31.6 Å². The highest BCUT2D eigenvalue weighted by Gasteiger charge is 2.26. The monoisotopic (exact) mass is 315 g/mol. The van der Waals surface area contributed by atoms with Crippen LogP contribution < -0.4 is 5.32 Å². The quantitative estimate of drug-likeness (QED) is 0.761. The summed E-state index contributed by atoms with van der Waals surface area (Å²) in [7, 11) is 0. The number of rotatable bonds is 8. The molecule has 0 aliphatic heterocycles. The van der Waals surface area contributed by atoms with E-state index in [2.05, 4.69) is 33.2 Å². The van der Waals surface area contributed by atoms with Gasteiger partial charge in [0.1, 0.15) is 0 Å². The molecule has 3 rings (SSSR count). The van der Waals surface area contributed by atoms with Gasteiger partial charge in [-0.15, -0.1) is 0 Å². The second-order valence-corrected chi connectivity index (χ2v) is 6.23. The fourth-order valence-electron chi connectivity index (χ4n) is 2.89. The van der Waals surface area contributed by atoms with Crippen molar-refractivity contribution < 1.29 is 4.79 Å². The van der Waals surface area contributed by atoms with Crippen LogP contribution in [0.5, 0.6) is 0 Å². The first-order valence-electron chi connectivity index (χ1n) is 8.53. The molecular weight excluding hydrogens is 290 g/mol. The van der Waals surface area contributed by atoms with E-state index in [4.69, 9.17) is 0 Å². The Kier molecular flexibility index (Phi) is 4.79. The number of hydrogen-bond donors (Lipinski definition) is 1. The van der Waals surface area contributed by atoms with Crippen molar-refractivity contribution in [1.82, 2.24) is 24.9 Å². The number of carbonyl (C=O) groups excluding carboxylic acids is 1. The molecule has 0 atom stereocenters. The molecule has 23 heavy (non-hydrogen) atoms. The Morgan fingerprint density at radius 1 is 1.30 bits per heavy atom. The maximum Gasteiger partial charge on any atom is 0.254 e. The summed E-state index contributed by atoms with van der Waals surface area (Å²) >= 11 is 0. The third kappa shape index (κ3) is 3.63. The molecule has 6 nitrogen and oxygen atoms in total. The smallest absolute Gasteiger partial charge is 0.254 e. The number of hydrogen-bond acceptors (Lipinski definition) is 3. The molecule has 1 saturated carbocycles. The van der Waals surface area contributed by atoms with Gasteiger partial charge >= 0.3 is 0 Å². The number of aryl methyl sites for hydroxylation is 2. The van der Waals surface area contributed by atoms with Crippen LogP contribution in [-0.4, -0.2) is 32.0 Å². The lowest BCUT2D eigenvalue weighted by Gasteiger charge is -2.08. The minimum absolute atomic E-state index is 0.0345. The minimum Gasteiger partial charge on any atom is -0.352 e. The summed E-state index contributed by atoms with van der Waals surface area (Å²) in [6.45, 7) is 6.41. The van der Waals surface area contributed by atoms with E-state index < -0.39 is 0 Å². The van der Waals surface area contributed by atoms with Gasteiger partial charge in [-0.25, -0.2) is 0 Å². The van der Waals surface area contributed by atoms with Crippen LogP contribution in [0.1, 0.15) is 60.3 Å². The molecule has 1 fully saturated rings. The highest BCUT2D eigenvalue weighted by atomic mass is 16.1. The lowest BCUT2D eigenvalue weighted by Crippen LogP contribution is -2.26. The zero-order valence-corrected chi connectivity index (χ0v) is 14.0. The zero-order valence-electron chi connectivity index (χ0n) is 14.0. The molecule has 0 spiro atoms. The molecular formula is C17H25N5O. The van der Waals surface area contributed by atoms with Gasteiger partial charge in [0.2, 0.25) is 0 Å².